The van der Waals surface area contributed by atoms with Crippen LogP contribution in [0.5, 0.6) is 0 Å². The summed E-state index contributed by atoms with van der Waals surface area (Å²) in [5.74, 6) is 0. The van der Waals surface area contributed by atoms with Gasteiger partial charge in [-0.05, 0) is 96.5 Å². The zero-order valence-electron chi connectivity index (χ0n) is 23.1. The largest absolute Gasteiger partial charge is 0.427 e. The molecule has 5 aromatic carbocycles. The molecule has 1 radical (unpaired) electrons. The van der Waals surface area contributed by atoms with E-state index in [0.29, 0.717) is 0 Å². The predicted octanol–water partition coefficient (Wildman–Crippen LogP) is 8.17. The zero-order valence-corrected chi connectivity index (χ0v) is 23.1. The fourth-order valence-electron chi connectivity index (χ4n) is 4.43. The zero-order chi connectivity index (χ0) is 27.5. The van der Waals surface area contributed by atoms with Gasteiger partial charge in [0.15, 0.2) is 0 Å². The van der Waals surface area contributed by atoms with Crippen molar-refractivity contribution in [2.75, 3.05) is 0 Å². The van der Waals surface area contributed by atoms with Crippen LogP contribution in [0.25, 0.3) is 44.5 Å². The molecule has 0 aliphatic heterocycles. The molecule has 0 aliphatic carbocycles. The Morgan fingerprint density at radius 3 is 1.13 bits per heavy atom. The van der Waals surface area contributed by atoms with Crippen LogP contribution in [0.2, 0.25) is 0 Å². The quantitative estimate of drug-likeness (QED) is 0.214. The molecule has 1 N–H and O–H groups in total. The van der Waals surface area contributed by atoms with E-state index in [1.807, 2.05) is 32.0 Å². The van der Waals surface area contributed by atoms with Crippen molar-refractivity contribution < 1.29 is 9.76 Å². The molecule has 0 saturated heterocycles. The molecule has 3 heteroatoms. The molecule has 0 aliphatic rings. The minimum absolute atomic E-state index is 0.760. The van der Waals surface area contributed by atoms with Gasteiger partial charge in [-0.2, -0.15) is 0 Å². The van der Waals surface area contributed by atoms with Gasteiger partial charge < -0.3 is 9.76 Å². The van der Waals surface area contributed by atoms with Gasteiger partial charge in [0.2, 0.25) is 0 Å². The highest BCUT2D eigenvalue weighted by Gasteiger charge is 2.35. The molecule has 0 bridgehead atoms. The van der Waals surface area contributed by atoms with Crippen molar-refractivity contribution in [2.45, 2.75) is 38.9 Å². The van der Waals surface area contributed by atoms with Crippen molar-refractivity contribution in [1.29, 1.82) is 0 Å². The first-order chi connectivity index (χ1) is 18.7. The van der Waals surface area contributed by atoms with E-state index < -0.39 is 11.2 Å². The number of aliphatic hydroxyl groups is 1. The predicted molar refractivity (Wildman–Crippen MR) is 165 cm³/mol. The van der Waals surface area contributed by atoms with Crippen LogP contribution in [0.1, 0.15) is 27.7 Å². The lowest BCUT2D eigenvalue weighted by molar-refractivity contribution is -0.0893. The first-order valence-electron chi connectivity index (χ1n) is 13.4. The van der Waals surface area contributed by atoms with Crippen LogP contribution < -0.4 is 5.46 Å². The van der Waals surface area contributed by atoms with Gasteiger partial charge in [-0.3, -0.25) is 0 Å². The lowest BCUT2D eigenvalue weighted by Crippen LogP contribution is -2.49. The van der Waals surface area contributed by atoms with E-state index in [1.54, 1.807) is 21.3 Å². The Balaban J connectivity index is 1.65. The number of rotatable bonds is 8. The summed E-state index contributed by atoms with van der Waals surface area (Å²) < 4.78 is 6.17. The minimum Gasteiger partial charge on any atom is -0.427 e. The first-order valence-corrected chi connectivity index (χ1v) is 13.4. The van der Waals surface area contributed by atoms with E-state index >= 15 is 0 Å². The second-order valence-electron chi connectivity index (χ2n) is 11.0. The molecular formula is C36H34BO2. The number of hydrogen-bond acceptors (Lipinski definition) is 2. The number of hydrogen-bond donors (Lipinski definition) is 1. The molecule has 39 heavy (non-hydrogen) atoms. The van der Waals surface area contributed by atoms with Crippen LogP contribution in [0.3, 0.4) is 0 Å². The molecule has 0 spiro atoms. The van der Waals surface area contributed by atoms with Gasteiger partial charge >= 0.3 is 7.48 Å². The van der Waals surface area contributed by atoms with Gasteiger partial charge in [0.05, 0.1) is 11.2 Å². The third kappa shape index (κ3) is 6.22. The van der Waals surface area contributed by atoms with Crippen molar-refractivity contribution in [2.24, 2.45) is 0 Å². The molecule has 0 saturated carbocycles. The van der Waals surface area contributed by atoms with Crippen LogP contribution in [-0.4, -0.2) is 23.8 Å². The molecule has 0 aromatic heterocycles. The summed E-state index contributed by atoms with van der Waals surface area (Å²) in [5.41, 5.74) is 8.34. The van der Waals surface area contributed by atoms with E-state index in [0.717, 1.165) is 27.7 Å². The molecule has 0 fully saturated rings. The molecule has 193 valence electrons. The summed E-state index contributed by atoms with van der Waals surface area (Å²) in [5, 5.41) is 10.6. The molecular weight excluding hydrogens is 475 g/mol. The smallest absolute Gasteiger partial charge is 0.330 e. The van der Waals surface area contributed by atoms with Crippen LogP contribution in [-0.2, 0) is 4.65 Å². The third-order valence-electron chi connectivity index (χ3n) is 7.51. The van der Waals surface area contributed by atoms with Crippen molar-refractivity contribution >= 4 is 12.9 Å². The van der Waals surface area contributed by atoms with E-state index in [1.165, 1.54) is 22.3 Å². The van der Waals surface area contributed by atoms with Gasteiger partial charge in [-0.1, -0.05) is 109 Å². The summed E-state index contributed by atoms with van der Waals surface area (Å²) in [6, 6.07) is 44.7. The van der Waals surface area contributed by atoms with E-state index in [4.69, 9.17) is 4.65 Å². The number of benzene rings is 5. The van der Waals surface area contributed by atoms with Crippen molar-refractivity contribution in [3.8, 4) is 44.5 Å². The second-order valence-corrected chi connectivity index (χ2v) is 11.0. The SMILES string of the molecule is CC(C)(O)C(C)(C)O[B]c1cc(-c2ccccc2)cc(-c2cc(-c3ccccc3)cc(-c3ccccc3)c2)c1. The van der Waals surface area contributed by atoms with Crippen molar-refractivity contribution in [1.82, 2.24) is 0 Å². The topological polar surface area (TPSA) is 29.5 Å². The first kappa shape index (κ1) is 26.7. The maximum Gasteiger partial charge on any atom is 0.330 e. The minimum atomic E-state index is -1.00. The molecule has 0 amide bonds. The van der Waals surface area contributed by atoms with E-state index in [9.17, 15) is 5.11 Å². The molecule has 5 rings (SSSR count). The summed E-state index contributed by atoms with van der Waals surface area (Å²) in [6.07, 6.45) is 0. The summed E-state index contributed by atoms with van der Waals surface area (Å²) in [6.45, 7) is 7.35. The summed E-state index contributed by atoms with van der Waals surface area (Å²) >= 11 is 0. The van der Waals surface area contributed by atoms with Crippen molar-refractivity contribution in [3.63, 3.8) is 0 Å². The Kier molecular flexibility index (Phi) is 7.57. The Morgan fingerprint density at radius 2 is 0.769 bits per heavy atom. The third-order valence-corrected chi connectivity index (χ3v) is 7.51. The van der Waals surface area contributed by atoms with Gasteiger partial charge in [-0.25, -0.2) is 0 Å². The maximum absolute atomic E-state index is 10.6. The summed E-state index contributed by atoms with van der Waals surface area (Å²) in [4.78, 5) is 0. The average Bonchev–Trinajstić information content (AvgIpc) is 2.96. The fourth-order valence-corrected chi connectivity index (χ4v) is 4.43. The lowest BCUT2D eigenvalue weighted by Gasteiger charge is -2.37. The Bertz CT molecular complexity index is 1480. The van der Waals surface area contributed by atoms with Gasteiger partial charge in [0, 0.05) is 0 Å². The standard InChI is InChI=1S/C36H34BO2/c1-35(2,38)36(3,4)39-37-34-24-32(28-18-12-7-13-19-28)23-33(25-34)31-21-29(26-14-8-5-9-15-26)20-30(22-31)27-16-10-6-11-17-27/h5-25,38H,1-4H3. The van der Waals surface area contributed by atoms with Crippen LogP contribution >= 0.6 is 0 Å². The fraction of sp³-hybridized carbons (Fsp3) is 0.167. The normalized spacial score (nSPS) is 11.8. The van der Waals surface area contributed by atoms with Gasteiger partial charge in [0.25, 0.3) is 0 Å². The van der Waals surface area contributed by atoms with Crippen LogP contribution in [0, 0.1) is 0 Å². The molecule has 0 atom stereocenters. The van der Waals surface area contributed by atoms with Gasteiger partial charge in [-0.15, -0.1) is 0 Å². The van der Waals surface area contributed by atoms with E-state index in [-0.39, 0.29) is 0 Å². The molecule has 5 aromatic rings. The Hall–Kier alpha value is -3.92. The van der Waals surface area contributed by atoms with Crippen molar-refractivity contribution in [3.05, 3.63) is 127 Å². The average molecular weight is 509 g/mol. The lowest BCUT2D eigenvalue weighted by atomic mass is 9.80. The highest BCUT2D eigenvalue weighted by Crippen LogP contribution is 2.34. The monoisotopic (exact) mass is 509 g/mol. The van der Waals surface area contributed by atoms with Crippen LogP contribution in [0.4, 0.5) is 0 Å². The Labute approximate surface area is 233 Å². The maximum atomic E-state index is 10.6. The highest BCUT2D eigenvalue weighted by atomic mass is 16.5. The molecule has 2 nitrogen and oxygen atoms in total. The van der Waals surface area contributed by atoms with Gasteiger partial charge in [0.1, 0.15) is 0 Å². The molecule has 0 unspecified atom stereocenters. The Morgan fingerprint density at radius 1 is 0.462 bits per heavy atom. The van der Waals surface area contributed by atoms with E-state index in [2.05, 4.69) is 109 Å². The second kappa shape index (κ2) is 11.1. The highest BCUT2D eigenvalue weighted by molar-refractivity contribution is 6.47. The van der Waals surface area contributed by atoms with Crippen LogP contribution in [0.15, 0.2) is 127 Å². The molecule has 0 heterocycles. The summed E-state index contributed by atoms with van der Waals surface area (Å²) in [7, 11) is 1.77.